The van der Waals surface area contributed by atoms with Crippen LogP contribution >= 0.6 is 11.6 Å². The molecule has 0 aliphatic carbocycles. The van der Waals surface area contributed by atoms with Crippen LogP contribution < -0.4 is 5.32 Å². The summed E-state index contributed by atoms with van der Waals surface area (Å²) in [5.41, 5.74) is 1.15. The number of benzene rings is 1. The van der Waals surface area contributed by atoms with E-state index in [1.54, 1.807) is 12.3 Å². The molecule has 2 aromatic rings. The number of nitrogens with zero attached hydrogens (tertiary/aromatic N) is 4. The Bertz CT molecular complexity index is 785. The van der Waals surface area contributed by atoms with Crippen LogP contribution in [0.1, 0.15) is 11.1 Å². The van der Waals surface area contributed by atoms with Gasteiger partial charge in [-0.25, -0.2) is 0 Å². The zero-order valence-corrected chi connectivity index (χ0v) is 12.7. The van der Waals surface area contributed by atoms with E-state index in [2.05, 4.69) is 15.3 Å². The standard InChI is InChI=1S/C15H12ClN5O2/c16-14-4-2-1-3-11(14)5-6-19-15(20-10-17)12-7-13(21(22)23)9-18-8-12/h1-4,7-9H,5-6H2,(H,19,20). The molecule has 0 unspecified atom stereocenters. The molecule has 0 spiro atoms. The number of hydrogen-bond donors (Lipinski definition) is 1. The largest absolute Gasteiger partial charge is 0.288 e. The van der Waals surface area contributed by atoms with Crippen LogP contribution in [0.2, 0.25) is 5.02 Å². The number of amidine groups is 1. The molecule has 0 fully saturated rings. The van der Waals surface area contributed by atoms with Crippen LogP contribution in [-0.2, 0) is 6.42 Å². The molecule has 1 aromatic carbocycles. The highest BCUT2D eigenvalue weighted by molar-refractivity contribution is 6.31. The summed E-state index contributed by atoms with van der Waals surface area (Å²) in [7, 11) is 0. The van der Waals surface area contributed by atoms with E-state index in [0.717, 1.165) is 11.8 Å². The molecule has 2 rings (SSSR count). The van der Waals surface area contributed by atoms with Crippen LogP contribution in [0.5, 0.6) is 0 Å². The minimum Gasteiger partial charge on any atom is -0.277 e. The van der Waals surface area contributed by atoms with Crippen molar-refractivity contribution in [3.05, 3.63) is 69.0 Å². The molecule has 1 heterocycles. The van der Waals surface area contributed by atoms with Gasteiger partial charge >= 0.3 is 0 Å². The molecular formula is C15H12ClN5O2. The lowest BCUT2D eigenvalue weighted by molar-refractivity contribution is -0.385. The molecule has 1 N–H and O–H groups in total. The summed E-state index contributed by atoms with van der Waals surface area (Å²) in [5.74, 6) is 0.232. The molecule has 0 amide bonds. The zero-order chi connectivity index (χ0) is 16.7. The first kappa shape index (κ1) is 16.4. The van der Waals surface area contributed by atoms with E-state index in [1.165, 1.54) is 12.3 Å². The summed E-state index contributed by atoms with van der Waals surface area (Å²) in [6, 6.07) is 8.71. The first-order valence-electron chi connectivity index (χ1n) is 6.64. The molecule has 0 radical (unpaired) electrons. The van der Waals surface area contributed by atoms with Gasteiger partial charge in [0.1, 0.15) is 12.0 Å². The van der Waals surface area contributed by atoms with Gasteiger partial charge in [0.15, 0.2) is 6.19 Å². The van der Waals surface area contributed by atoms with Crippen molar-refractivity contribution in [2.24, 2.45) is 4.99 Å². The van der Waals surface area contributed by atoms with E-state index in [4.69, 9.17) is 16.9 Å². The molecule has 23 heavy (non-hydrogen) atoms. The summed E-state index contributed by atoms with van der Waals surface area (Å²) in [5, 5.41) is 22.7. The third-order valence-corrected chi connectivity index (χ3v) is 3.36. The van der Waals surface area contributed by atoms with Crippen LogP contribution in [0.15, 0.2) is 47.7 Å². The predicted octanol–water partition coefficient (Wildman–Crippen LogP) is 2.70. The Morgan fingerprint density at radius 3 is 2.91 bits per heavy atom. The Morgan fingerprint density at radius 1 is 1.43 bits per heavy atom. The number of aliphatic imine (C=N–C) groups is 1. The molecule has 0 bridgehead atoms. The minimum absolute atomic E-state index is 0.166. The lowest BCUT2D eigenvalue weighted by Crippen LogP contribution is -2.20. The lowest BCUT2D eigenvalue weighted by atomic mass is 10.1. The third-order valence-electron chi connectivity index (χ3n) is 2.99. The van der Waals surface area contributed by atoms with Crippen molar-refractivity contribution in [2.45, 2.75) is 6.42 Å². The summed E-state index contributed by atoms with van der Waals surface area (Å²) >= 11 is 6.07. The lowest BCUT2D eigenvalue weighted by Gasteiger charge is -2.05. The highest BCUT2D eigenvalue weighted by Crippen LogP contribution is 2.16. The summed E-state index contributed by atoms with van der Waals surface area (Å²) in [6.45, 7) is 0.371. The van der Waals surface area contributed by atoms with E-state index in [-0.39, 0.29) is 11.5 Å². The van der Waals surface area contributed by atoms with Crippen LogP contribution in [0.3, 0.4) is 0 Å². The van der Waals surface area contributed by atoms with Gasteiger partial charge in [-0.1, -0.05) is 29.8 Å². The summed E-state index contributed by atoms with van der Waals surface area (Å²) in [6.07, 6.45) is 4.90. The molecule has 116 valence electrons. The smallest absolute Gasteiger partial charge is 0.277 e. The van der Waals surface area contributed by atoms with Crippen molar-refractivity contribution in [2.75, 3.05) is 6.54 Å². The molecular weight excluding hydrogens is 318 g/mol. The zero-order valence-electron chi connectivity index (χ0n) is 11.9. The number of aromatic nitrogens is 1. The Balaban J connectivity index is 2.18. The molecule has 0 aliphatic heterocycles. The highest BCUT2D eigenvalue weighted by atomic mass is 35.5. The van der Waals surface area contributed by atoms with Gasteiger partial charge in [0.25, 0.3) is 5.69 Å². The van der Waals surface area contributed by atoms with Crippen molar-refractivity contribution in [3.8, 4) is 6.19 Å². The molecule has 0 atom stereocenters. The number of halogens is 1. The quantitative estimate of drug-likeness (QED) is 0.227. The van der Waals surface area contributed by atoms with E-state index >= 15 is 0 Å². The number of nitrogens with one attached hydrogen (secondary N) is 1. The number of rotatable bonds is 5. The van der Waals surface area contributed by atoms with Crippen molar-refractivity contribution in [1.82, 2.24) is 10.3 Å². The van der Waals surface area contributed by atoms with Gasteiger partial charge < -0.3 is 0 Å². The topological polar surface area (TPSA) is 104 Å². The van der Waals surface area contributed by atoms with E-state index in [1.807, 2.05) is 18.2 Å². The normalized spacial score (nSPS) is 10.9. The number of nitro groups is 1. The second-order valence-corrected chi connectivity index (χ2v) is 4.90. The van der Waals surface area contributed by atoms with Crippen molar-refractivity contribution >= 4 is 23.1 Å². The van der Waals surface area contributed by atoms with Crippen LogP contribution in [-0.4, -0.2) is 22.3 Å². The van der Waals surface area contributed by atoms with Crippen LogP contribution in [0, 0.1) is 21.6 Å². The fourth-order valence-electron chi connectivity index (χ4n) is 1.90. The first-order chi connectivity index (χ1) is 11.1. The van der Waals surface area contributed by atoms with E-state index in [9.17, 15) is 10.1 Å². The Kier molecular flexibility index (Phi) is 5.61. The maximum absolute atomic E-state index is 10.8. The van der Waals surface area contributed by atoms with Gasteiger partial charge in [-0.15, -0.1) is 0 Å². The first-order valence-corrected chi connectivity index (χ1v) is 7.02. The Hall–Kier alpha value is -2.98. The minimum atomic E-state index is -0.551. The number of pyridine rings is 1. The molecule has 1 aromatic heterocycles. The fourth-order valence-corrected chi connectivity index (χ4v) is 2.13. The second-order valence-electron chi connectivity index (χ2n) is 4.50. The molecule has 0 saturated carbocycles. The molecule has 7 nitrogen and oxygen atoms in total. The maximum Gasteiger partial charge on any atom is 0.288 e. The predicted molar refractivity (Wildman–Crippen MR) is 86.2 cm³/mol. The van der Waals surface area contributed by atoms with Gasteiger partial charge in [0.05, 0.1) is 4.92 Å². The average Bonchev–Trinajstić information content (AvgIpc) is 2.56. The van der Waals surface area contributed by atoms with Crippen LogP contribution in [0.25, 0.3) is 0 Å². The Labute approximate surface area is 137 Å². The van der Waals surface area contributed by atoms with Gasteiger partial charge in [-0.05, 0) is 18.1 Å². The fraction of sp³-hybridized carbons (Fsp3) is 0.133. The van der Waals surface area contributed by atoms with Gasteiger partial charge in [0.2, 0.25) is 0 Å². The molecule has 0 aliphatic rings. The number of nitriles is 1. The van der Waals surface area contributed by atoms with Crippen molar-refractivity contribution < 1.29 is 4.92 Å². The summed E-state index contributed by atoms with van der Waals surface area (Å²) < 4.78 is 0. The Morgan fingerprint density at radius 2 is 2.22 bits per heavy atom. The molecule has 8 heteroatoms. The second kappa shape index (κ2) is 7.87. The summed E-state index contributed by atoms with van der Waals surface area (Å²) in [4.78, 5) is 18.3. The van der Waals surface area contributed by atoms with Gasteiger partial charge in [0, 0.05) is 29.4 Å². The monoisotopic (exact) mass is 329 g/mol. The van der Waals surface area contributed by atoms with Crippen LogP contribution in [0.4, 0.5) is 5.69 Å². The average molecular weight is 330 g/mol. The SMILES string of the molecule is N#CNC(=NCCc1ccccc1Cl)c1cncc([N+](=O)[O-])c1. The van der Waals surface area contributed by atoms with Crippen molar-refractivity contribution in [1.29, 1.82) is 5.26 Å². The van der Waals surface area contributed by atoms with Crippen molar-refractivity contribution in [3.63, 3.8) is 0 Å². The van der Waals surface area contributed by atoms with E-state index in [0.29, 0.717) is 23.6 Å². The molecule has 0 saturated heterocycles. The highest BCUT2D eigenvalue weighted by Gasteiger charge is 2.11. The third kappa shape index (κ3) is 4.49. The maximum atomic E-state index is 10.8. The van der Waals surface area contributed by atoms with E-state index < -0.39 is 4.92 Å². The number of hydrogen-bond acceptors (Lipinski definition) is 5. The van der Waals surface area contributed by atoms with Gasteiger partial charge in [-0.3, -0.25) is 25.4 Å². The van der Waals surface area contributed by atoms with Gasteiger partial charge in [-0.2, -0.15) is 5.26 Å².